The predicted octanol–water partition coefficient (Wildman–Crippen LogP) is 3.11. The Bertz CT molecular complexity index is 940. The molecule has 0 bridgehead atoms. The molecule has 2 aromatic carbocycles. The second-order valence-corrected chi connectivity index (χ2v) is 6.53. The molecule has 0 radical (unpaired) electrons. The van der Waals surface area contributed by atoms with Gasteiger partial charge in [-0.25, -0.2) is 13.2 Å². The average molecular weight is 375 g/mol. The van der Waals surface area contributed by atoms with E-state index in [1.54, 1.807) is 13.8 Å². The van der Waals surface area contributed by atoms with Crippen molar-refractivity contribution in [3.63, 3.8) is 0 Å². The number of benzene rings is 2. The zero-order chi connectivity index (χ0) is 19.8. The third kappa shape index (κ3) is 3.84. The summed E-state index contributed by atoms with van der Waals surface area (Å²) in [5.41, 5.74) is -0.660. The van der Waals surface area contributed by atoms with Crippen molar-refractivity contribution in [2.24, 2.45) is 4.99 Å². The highest BCUT2D eigenvalue weighted by Gasteiger charge is 2.41. The number of nitrogens with one attached hydrogen (secondary N) is 1. The number of nitrogens with zero attached hydrogens (tertiary/aromatic N) is 2. The van der Waals surface area contributed by atoms with E-state index in [2.05, 4.69) is 10.3 Å². The number of hydrogen-bond acceptors (Lipinski definition) is 3. The first kappa shape index (κ1) is 18.6. The molecule has 1 aliphatic rings. The Kier molecular flexibility index (Phi) is 4.73. The summed E-state index contributed by atoms with van der Waals surface area (Å²) < 4.78 is 39.7. The number of carbonyl (C=O) groups is 2. The van der Waals surface area contributed by atoms with E-state index >= 15 is 0 Å². The van der Waals surface area contributed by atoms with E-state index in [4.69, 9.17) is 0 Å². The first-order valence-electron chi connectivity index (χ1n) is 8.10. The lowest BCUT2D eigenvalue weighted by atomic mass is 10.1. The second kappa shape index (κ2) is 6.86. The number of anilines is 1. The molecule has 2 amide bonds. The molecule has 0 saturated heterocycles. The third-order valence-electron chi connectivity index (χ3n) is 4.12. The fraction of sp³-hybridized carbons (Fsp3) is 0.211. The molecule has 3 rings (SSSR count). The molecule has 2 aromatic rings. The van der Waals surface area contributed by atoms with Gasteiger partial charge in [-0.1, -0.05) is 0 Å². The molecule has 5 nitrogen and oxygen atoms in total. The maximum atomic E-state index is 13.7. The smallest absolute Gasteiger partial charge is 0.275 e. The van der Waals surface area contributed by atoms with Gasteiger partial charge in [0.25, 0.3) is 5.91 Å². The first-order valence-corrected chi connectivity index (χ1v) is 8.10. The molecule has 27 heavy (non-hydrogen) atoms. The van der Waals surface area contributed by atoms with Crippen LogP contribution < -0.4 is 5.32 Å². The molecule has 0 saturated carbocycles. The molecular weight excluding hydrogens is 359 g/mol. The summed E-state index contributed by atoms with van der Waals surface area (Å²) in [7, 11) is 0. The normalized spacial score (nSPS) is 15.7. The van der Waals surface area contributed by atoms with Crippen molar-refractivity contribution < 1.29 is 22.8 Å². The molecule has 8 heteroatoms. The van der Waals surface area contributed by atoms with Gasteiger partial charge in [0, 0.05) is 11.6 Å². The van der Waals surface area contributed by atoms with E-state index in [0.29, 0.717) is 11.6 Å². The van der Waals surface area contributed by atoms with Crippen LogP contribution >= 0.6 is 0 Å². The van der Waals surface area contributed by atoms with Crippen LogP contribution in [0.3, 0.4) is 0 Å². The lowest BCUT2D eigenvalue weighted by molar-refractivity contribution is -0.131. The monoisotopic (exact) mass is 375 g/mol. The van der Waals surface area contributed by atoms with Gasteiger partial charge in [-0.2, -0.15) is 0 Å². The van der Waals surface area contributed by atoms with Gasteiger partial charge >= 0.3 is 0 Å². The van der Waals surface area contributed by atoms with Crippen LogP contribution in [0.1, 0.15) is 19.4 Å². The lowest BCUT2D eigenvalue weighted by Crippen LogP contribution is -2.46. The van der Waals surface area contributed by atoms with Crippen molar-refractivity contribution in [1.29, 1.82) is 0 Å². The average Bonchev–Trinajstić information content (AvgIpc) is 2.82. The summed E-state index contributed by atoms with van der Waals surface area (Å²) in [6.45, 7) is 2.91. The van der Waals surface area contributed by atoms with E-state index in [-0.39, 0.29) is 17.9 Å². The number of carbonyl (C=O) groups excluding carboxylic acids is 2. The summed E-state index contributed by atoms with van der Waals surface area (Å²) >= 11 is 0. The van der Waals surface area contributed by atoms with Gasteiger partial charge in [0.1, 0.15) is 35.4 Å². The van der Waals surface area contributed by atoms with E-state index in [1.165, 1.54) is 29.2 Å². The number of aliphatic imine (C=N–C) groups is 1. The minimum atomic E-state index is -1.01. The fourth-order valence-electron chi connectivity index (χ4n) is 2.74. The quantitative estimate of drug-likeness (QED) is 0.893. The van der Waals surface area contributed by atoms with Crippen LogP contribution in [0, 0.1) is 17.5 Å². The minimum Gasteiger partial charge on any atom is -0.322 e. The molecule has 0 aromatic heterocycles. The molecule has 0 unspecified atom stereocenters. The van der Waals surface area contributed by atoms with Gasteiger partial charge in [0.05, 0.1) is 5.69 Å². The third-order valence-corrected chi connectivity index (χ3v) is 4.12. The highest BCUT2D eigenvalue weighted by atomic mass is 19.1. The van der Waals surface area contributed by atoms with E-state index in [1.807, 2.05) is 0 Å². The number of halogens is 3. The standard InChI is InChI=1S/C19H16F3N3O2/c1-19(2)24-17(11-3-5-12(20)6-4-11)18(27)25(19)10-16(26)23-15-8-7-13(21)9-14(15)22/h3-9H,10H2,1-2H3,(H,23,26). The summed E-state index contributed by atoms with van der Waals surface area (Å²) in [6.07, 6.45) is 0. The van der Waals surface area contributed by atoms with Crippen molar-refractivity contribution in [3.8, 4) is 0 Å². The minimum absolute atomic E-state index is 0.112. The maximum absolute atomic E-state index is 13.7. The largest absolute Gasteiger partial charge is 0.322 e. The van der Waals surface area contributed by atoms with Crippen molar-refractivity contribution >= 4 is 23.2 Å². The fourth-order valence-corrected chi connectivity index (χ4v) is 2.74. The van der Waals surface area contributed by atoms with Crippen molar-refractivity contribution in [3.05, 3.63) is 65.5 Å². The molecule has 140 valence electrons. The summed E-state index contributed by atoms with van der Waals surface area (Å²) in [5.74, 6) is -3.28. The molecule has 1 heterocycles. The van der Waals surface area contributed by atoms with E-state index < -0.39 is 34.9 Å². The van der Waals surface area contributed by atoms with Crippen LogP contribution in [0.4, 0.5) is 18.9 Å². The SMILES string of the molecule is CC1(C)N=C(c2ccc(F)cc2)C(=O)N1CC(=O)Nc1ccc(F)cc1F. The van der Waals surface area contributed by atoms with E-state index in [0.717, 1.165) is 12.1 Å². The Morgan fingerprint density at radius 2 is 1.70 bits per heavy atom. The summed E-state index contributed by atoms with van der Waals surface area (Å²) in [5, 5.41) is 2.31. The lowest BCUT2D eigenvalue weighted by Gasteiger charge is -2.28. The van der Waals surface area contributed by atoms with Crippen molar-refractivity contribution in [2.75, 3.05) is 11.9 Å². The van der Waals surface area contributed by atoms with Crippen LogP contribution in [0.2, 0.25) is 0 Å². The molecule has 0 fully saturated rings. The second-order valence-electron chi connectivity index (χ2n) is 6.53. The number of hydrogen-bond donors (Lipinski definition) is 1. The van der Waals surface area contributed by atoms with Gasteiger partial charge in [-0.05, 0) is 50.2 Å². The molecule has 0 atom stereocenters. The Labute approximate surface area is 153 Å². The maximum Gasteiger partial charge on any atom is 0.275 e. The number of amides is 2. The molecular formula is C19H16F3N3O2. The Balaban J connectivity index is 1.76. The summed E-state index contributed by atoms with van der Waals surface area (Å²) in [4.78, 5) is 30.5. The van der Waals surface area contributed by atoms with Gasteiger partial charge in [0.2, 0.25) is 5.91 Å². The van der Waals surface area contributed by atoms with Crippen LogP contribution in [0.15, 0.2) is 47.5 Å². The highest BCUT2D eigenvalue weighted by Crippen LogP contribution is 2.26. The van der Waals surface area contributed by atoms with Crippen LogP contribution in [-0.2, 0) is 9.59 Å². The topological polar surface area (TPSA) is 61.8 Å². The van der Waals surface area contributed by atoms with Crippen LogP contribution in [0.25, 0.3) is 0 Å². The first-order chi connectivity index (χ1) is 12.7. The molecule has 1 aliphatic heterocycles. The predicted molar refractivity (Wildman–Crippen MR) is 93.7 cm³/mol. The molecule has 0 aliphatic carbocycles. The van der Waals surface area contributed by atoms with Crippen LogP contribution in [-0.4, -0.2) is 34.6 Å². The highest BCUT2D eigenvalue weighted by molar-refractivity contribution is 6.47. The van der Waals surface area contributed by atoms with Gasteiger partial charge in [-0.15, -0.1) is 0 Å². The number of rotatable bonds is 4. The zero-order valence-electron chi connectivity index (χ0n) is 14.6. The zero-order valence-corrected chi connectivity index (χ0v) is 14.6. The van der Waals surface area contributed by atoms with Crippen molar-refractivity contribution in [1.82, 2.24) is 4.90 Å². The van der Waals surface area contributed by atoms with Gasteiger partial charge < -0.3 is 10.2 Å². The van der Waals surface area contributed by atoms with Crippen molar-refractivity contribution in [2.45, 2.75) is 19.5 Å². The molecule has 0 spiro atoms. The Morgan fingerprint density at radius 3 is 2.33 bits per heavy atom. The Morgan fingerprint density at radius 1 is 1.07 bits per heavy atom. The van der Waals surface area contributed by atoms with Gasteiger partial charge in [0.15, 0.2) is 0 Å². The van der Waals surface area contributed by atoms with Gasteiger partial charge in [-0.3, -0.25) is 14.6 Å². The molecule has 1 N–H and O–H groups in total. The summed E-state index contributed by atoms with van der Waals surface area (Å²) in [6, 6.07) is 8.05. The van der Waals surface area contributed by atoms with E-state index in [9.17, 15) is 22.8 Å². The Hall–Kier alpha value is -3.16. The van der Waals surface area contributed by atoms with Crippen LogP contribution in [0.5, 0.6) is 0 Å².